The van der Waals surface area contributed by atoms with Crippen LogP contribution in [-0.4, -0.2) is 9.13 Å². The molecule has 0 N–H and O–H groups in total. The smallest absolute Gasteiger partial charge is 0.309 e. The number of fused-ring (bicyclic) bond motifs is 6. The molecule has 0 amide bonds. The van der Waals surface area contributed by atoms with Crippen LogP contribution in [0.5, 0.6) is 0 Å². The van der Waals surface area contributed by atoms with E-state index >= 15 is 13.2 Å². The van der Waals surface area contributed by atoms with E-state index in [1.807, 2.05) is 69.8 Å². The Balaban J connectivity index is 1.58. The molecule has 0 saturated heterocycles. The molecule has 6 heteroatoms. The van der Waals surface area contributed by atoms with Gasteiger partial charge in [-0.25, -0.2) is 0 Å². The molecule has 2 heterocycles. The van der Waals surface area contributed by atoms with E-state index < -0.39 is 11.7 Å². The van der Waals surface area contributed by atoms with Gasteiger partial charge in [-0.2, -0.15) is 18.4 Å². The summed E-state index contributed by atoms with van der Waals surface area (Å²) < 4.78 is 53.3. The van der Waals surface area contributed by atoms with Crippen LogP contribution in [0.4, 0.5) is 13.2 Å². The van der Waals surface area contributed by atoms with Crippen LogP contribution in [0.2, 0.25) is 0 Å². The molecule has 0 aliphatic rings. The van der Waals surface area contributed by atoms with Gasteiger partial charge in [-0.05, 0) is 128 Å². The molecule has 0 radical (unpaired) electrons. The van der Waals surface area contributed by atoms with Crippen molar-refractivity contribution >= 4 is 43.6 Å². The number of alkyl halides is 3. The van der Waals surface area contributed by atoms with Crippen LogP contribution >= 0.6 is 0 Å². The third-order valence-electron chi connectivity index (χ3n) is 12.2. The van der Waals surface area contributed by atoms with Crippen molar-refractivity contribution in [2.24, 2.45) is 0 Å². The van der Waals surface area contributed by atoms with Crippen LogP contribution in [0.15, 0.2) is 109 Å². The quantitative estimate of drug-likeness (QED) is 0.175. The molecule has 6 aromatic carbocycles. The van der Waals surface area contributed by atoms with Gasteiger partial charge < -0.3 is 9.13 Å². The Labute approximate surface area is 352 Å². The van der Waals surface area contributed by atoms with Crippen LogP contribution in [0.1, 0.15) is 116 Å². The maximum atomic E-state index is 16.5. The fraction of sp³-hybridized carbons (Fsp3) is 0.315. The highest BCUT2D eigenvalue weighted by molar-refractivity contribution is 6.12. The minimum absolute atomic E-state index is 0.0407. The Morgan fingerprint density at radius 2 is 0.700 bits per heavy atom. The van der Waals surface area contributed by atoms with Crippen LogP contribution in [-0.2, 0) is 27.8 Å². The first-order valence-electron chi connectivity index (χ1n) is 20.8. The molecule has 0 saturated carbocycles. The van der Waals surface area contributed by atoms with E-state index in [0.717, 1.165) is 43.8 Å². The molecule has 0 atom stereocenters. The number of nitrogens with zero attached hydrogens (tertiary/aromatic N) is 3. The molecule has 60 heavy (non-hydrogen) atoms. The lowest BCUT2D eigenvalue weighted by Gasteiger charge is -2.24. The molecule has 0 spiro atoms. The predicted octanol–water partition coefficient (Wildman–Crippen LogP) is 15.6. The molecule has 0 fully saturated rings. The molecular formula is C54H54F3N3. The lowest BCUT2D eigenvalue weighted by Crippen LogP contribution is -2.16. The number of nitriles is 1. The van der Waals surface area contributed by atoms with E-state index in [4.69, 9.17) is 0 Å². The third-order valence-corrected chi connectivity index (χ3v) is 12.2. The van der Waals surface area contributed by atoms with E-state index in [-0.39, 0.29) is 33.0 Å². The normalized spacial score (nSPS) is 13.2. The molecule has 8 rings (SSSR count). The lowest BCUT2D eigenvalue weighted by atomic mass is 9.85. The van der Waals surface area contributed by atoms with Gasteiger partial charge in [0.2, 0.25) is 0 Å². The third kappa shape index (κ3) is 6.96. The van der Waals surface area contributed by atoms with Crippen molar-refractivity contribution in [1.29, 1.82) is 5.26 Å². The molecular weight excluding hydrogens is 748 g/mol. The zero-order valence-corrected chi connectivity index (χ0v) is 36.9. The molecule has 306 valence electrons. The summed E-state index contributed by atoms with van der Waals surface area (Å²) >= 11 is 0. The summed E-state index contributed by atoms with van der Waals surface area (Å²) in [5.41, 5.74) is 7.64. The highest BCUT2D eigenvalue weighted by atomic mass is 19.4. The molecule has 3 nitrogen and oxygen atoms in total. The van der Waals surface area contributed by atoms with Gasteiger partial charge in [0.05, 0.1) is 45.1 Å². The predicted molar refractivity (Wildman–Crippen MR) is 245 cm³/mol. The van der Waals surface area contributed by atoms with Crippen LogP contribution in [0.25, 0.3) is 66.1 Å². The fourth-order valence-corrected chi connectivity index (χ4v) is 8.59. The van der Waals surface area contributed by atoms with Crippen LogP contribution < -0.4 is 0 Å². The van der Waals surface area contributed by atoms with Crippen molar-refractivity contribution in [3.05, 3.63) is 143 Å². The zero-order valence-electron chi connectivity index (χ0n) is 36.9. The molecule has 0 bridgehead atoms. The summed E-state index contributed by atoms with van der Waals surface area (Å²) in [4.78, 5) is 0. The Kier molecular flexibility index (Phi) is 9.29. The number of hydrogen-bond acceptors (Lipinski definition) is 1. The number of aromatic nitrogens is 2. The highest BCUT2D eigenvalue weighted by Gasteiger charge is 2.40. The molecule has 0 aliphatic carbocycles. The van der Waals surface area contributed by atoms with E-state index in [1.165, 1.54) is 0 Å². The van der Waals surface area contributed by atoms with Crippen LogP contribution in [0.3, 0.4) is 0 Å². The van der Waals surface area contributed by atoms with Gasteiger partial charge in [0.25, 0.3) is 0 Å². The highest BCUT2D eigenvalue weighted by Crippen LogP contribution is 2.47. The Bertz CT molecular complexity index is 2730. The number of benzene rings is 6. The van der Waals surface area contributed by atoms with Crippen molar-refractivity contribution in [3.63, 3.8) is 0 Å². The number of hydrogen-bond donors (Lipinski definition) is 0. The average molecular weight is 802 g/mol. The first-order valence-corrected chi connectivity index (χ1v) is 20.8. The molecule has 0 aliphatic heterocycles. The topological polar surface area (TPSA) is 33.6 Å². The molecule has 8 aromatic rings. The van der Waals surface area contributed by atoms with Gasteiger partial charge >= 0.3 is 6.18 Å². The summed E-state index contributed by atoms with van der Waals surface area (Å²) in [6, 6.07) is 37.4. The minimum Gasteiger partial charge on any atom is -0.309 e. The largest absolute Gasteiger partial charge is 0.420 e. The van der Waals surface area contributed by atoms with Crippen molar-refractivity contribution in [2.45, 2.75) is 111 Å². The van der Waals surface area contributed by atoms with Gasteiger partial charge in [-0.1, -0.05) is 119 Å². The van der Waals surface area contributed by atoms with Gasteiger partial charge in [0.15, 0.2) is 0 Å². The molecule has 0 unspecified atom stereocenters. The maximum absolute atomic E-state index is 16.5. The maximum Gasteiger partial charge on any atom is 0.420 e. The summed E-state index contributed by atoms with van der Waals surface area (Å²) in [5.74, 6) is 0. The van der Waals surface area contributed by atoms with Crippen molar-refractivity contribution in [3.8, 4) is 28.6 Å². The van der Waals surface area contributed by atoms with Crippen molar-refractivity contribution < 1.29 is 13.2 Å². The van der Waals surface area contributed by atoms with E-state index in [9.17, 15) is 5.26 Å². The first-order chi connectivity index (χ1) is 27.9. The van der Waals surface area contributed by atoms with Crippen molar-refractivity contribution in [1.82, 2.24) is 9.13 Å². The first kappa shape index (κ1) is 41.0. The summed E-state index contributed by atoms with van der Waals surface area (Å²) in [6.45, 7) is 25.9. The minimum atomic E-state index is -4.77. The van der Waals surface area contributed by atoms with Gasteiger partial charge in [-0.3, -0.25) is 0 Å². The monoisotopic (exact) mass is 801 g/mol. The second kappa shape index (κ2) is 13.6. The second-order valence-electron chi connectivity index (χ2n) is 20.7. The summed E-state index contributed by atoms with van der Waals surface area (Å²) in [7, 11) is 0. The number of rotatable bonds is 3. The van der Waals surface area contributed by atoms with Crippen LogP contribution in [0, 0.1) is 11.3 Å². The summed E-state index contributed by atoms with van der Waals surface area (Å²) in [5, 5.41) is 13.3. The van der Waals surface area contributed by atoms with Gasteiger partial charge in [-0.15, -0.1) is 0 Å². The standard InChI is InChI=1S/C54H54F3N3/c1-50(2,3)35-17-21-43-39(27-35)40-28-36(51(4,5)6)18-22-44(40)59(43)47-25-34(33-15-13-32(31-58)14-16-33)26-48(49(47)54(55,56)57)60-45-23-19-37(52(7,8)9)29-41(45)42-30-38(53(10,11)12)20-24-46(42)60/h13-30H,1-12H3. The van der Waals surface area contributed by atoms with Gasteiger partial charge in [0, 0.05) is 21.5 Å². The Morgan fingerprint density at radius 3 is 0.950 bits per heavy atom. The van der Waals surface area contributed by atoms with E-state index in [0.29, 0.717) is 38.8 Å². The lowest BCUT2D eigenvalue weighted by molar-refractivity contribution is -0.137. The van der Waals surface area contributed by atoms with E-state index in [1.54, 1.807) is 24.3 Å². The van der Waals surface area contributed by atoms with E-state index in [2.05, 4.69) is 113 Å². The Morgan fingerprint density at radius 1 is 0.400 bits per heavy atom. The second-order valence-corrected chi connectivity index (χ2v) is 20.7. The average Bonchev–Trinajstić information content (AvgIpc) is 3.67. The fourth-order valence-electron chi connectivity index (χ4n) is 8.59. The van der Waals surface area contributed by atoms with Gasteiger partial charge in [0.1, 0.15) is 5.56 Å². The summed E-state index contributed by atoms with van der Waals surface area (Å²) in [6.07, 6.45) is -4.77. The van der Waals surface area contributed by atoms with Crippen molar-refractivity contribution in [2.75, 3.05) is 0 Å². The SMILES string of the molecule is CC(C)(C)c1ccc2c(c1)c1cc(C(C)(C)C)ccc1n2-c1cc(-c2ccc(C#N)cc2)cc(-n2c3ccc(C(C)(C)C)cc3c3cc(C(C)(C)C)ccc32)c1C(F)(F)F. The number of halogens is 3. The Hall–Kier alpha value is -5.80. The zero-order chi connectivity index (χ0) is 43.5. The molecule has 2 aromatic heterocycles.